The second-order valence-electron chi connectivity index (χ2n) is 7.98. The molecule has 0 bridgehead atoms. The third-order valence-electron chi connectivity index (χ3n) is 5.35. The molecule has 172 valence electrons. The number of nitrogens with one attached hydrogen (secondary N) is 2. The fourth-order valence-electron chi connectivity index (χ4n) is 3.42. The van der Waals surface area contributed by atoms with Crippen molar-refractivity contribution in [2.45, 2.75) is 31.4 Å². The van der Waals surface area contributed by atoms with E-state index in [2.05, 4.69) is 15.6 Å². The van der Waals surface area contributed by atoms with Crippen LogP contribution >= 0.6 is 11.6 Å². The van der Waals surface area contributed by atoms with Gasteiger partial charge < -0.3 is 10.2 Å². The fraction of sp³-hybridized carbons (Fsp3) is 0.261. The first-order valence-electron chi connectivity index (χ1n) is 10.4. The quantitative estimate of drug-likeness (QED) is 0.355. The first kappa shape index (κ1) is 22.9. The largest absolute Gasteiger partial charge is 0.479 e. The van der Waals surface area contributed by atoms with Gasteiger partial charge in [-0.05, 0) is 48.2 Å². The minimum Gasteiger partial charge on any atom is -0.479 e. The molecule has 1 amide bonds. The van der Waals surface area contributed by atoms with Crippen molar-refractivity contribution in [2.24, 2.45) is 0 Å². The molecule has 4 N–H and O–H groups in total. The van der Waals surface area contributed by atoms with Crippen molar-refractivity contribution in [1.29, 1.82) is 0 Å². The van der Waals surface area contributed by atoms with E-state index in [9.17, 15) is 19.1 Å². The molecule has 2 aromatic carbocycles. The zero-order chi connectivity index (χ0) is 23.5. The summed E-state index contributed by atoms with van der Waals surface area (Å²) in [5, 5.41) is 27.5. The number of carbonyl (C=O) groups excluding carboxylic acids is 1. The van der Waals surface area contributed by atoms with Gasteiger partial charge in [0.05, 0.1) is 6.54 Å². The number of hydrazine groups is 1. The Balaban J connectivity index is 1.48. The van der Waals surface area contributed by atoms with Gasteiger partial charge in [-0.3, -0.25) is 15.3 Å². The molecule has 33 heavy (non-hydrogen) atoms. The van der Waals surface area contributed by atoms with Crippen molar-refractivity contribution < 1.29 is 24.2 Å². The van der Waals surface area contributed by atoms with Gasteiger partial charge in [0.2, 0.25) is 0 Å². The summed E-state index contributed by atoms with van der Waals surface area (Å²) >= 11 is 5.97. The molecule has 0 aliphatic heterocycles. The first-order valence-corrected chi connectivity index (χ1v) is 10.7. The van der Waals surface area contributed by atoms with E-state index in [1.54, 1.807) is 30.3 Å². The smallest absolute Gasteiger partial charge is 0.333 e. The number of hydrogen-bond donors (Lipinski definition) is 4. The number of amides is 1. The Bertz CT molecular complexity index is 1160. The van der Waals surface area contributed by atoms with Crippen LogP contribution in [0.2, 0.25) is 5.02 Å². The van der Waals surface area contributed by atoms with Gasteiger partial charge in [0, 0.05) is 28.7 Å². The van der Waals surface area contributed by atoms with Crippen LogP contribution in [0.1, 0.15) is 40.5 Å². The van der Waals surface area contributed by atoms with Gasteiger partial charge in [0.25, 0.3) is 5.91 Å². The van der Waals surface area contributed by atoms with Crippen LogP contribution < -0.4 is 5.43 Å². The summed E-state index contributed by atoms with van der Waals surface area (Å²) < 4.78 is 14.1. The number of rotatable bonds is 9. The Morgan fingerprint density at radius 3 is 2.61 bits per heavy atom. The molecule has 1 aromatic heterocycles. The van der Waals surface area contributed by atoms with E-state index in [4.69, 9.17) is 16.7 Å². The van der Waals surface area contributed by atoms with Crippen LogP contribution in [0.15, 0.2) is 48.5 Å². The van der Waals surface area contributed by atoms with Crippen LogP contribution in [0.25, 0.3) is 11.1 Å². The highest BCUT2D eigenvalue weighted by atomic mass is 35.5. The molecular weight excluding hydrogens is 451 g/mol. The minimum absolute atomic E-state index is 0.105. The number of halogens is 2. The number of benzene rings is 2. The average molecular weight is 473 g/mol. The Labute approximate surface area is 194 Å². The first-order chi connectivity index (χ1) is 15.8. The van der Waals surface area contributed by atoms with E-state index < -0.39 is 23.8 Å². The van der Waals surface area contributed by atoms with Gasteiger partial charge in [0.15, 0.2) is 11.8 Å². The maximum atomic E-state index is 14.1. The zero-order valence-corrected chi connectivity index (χ0v) is 18.2. The van der Waals surface area contributed by atoms with Crippen molar-refractivity contribution in [3.05, 3.63) is 76.3 Å². The Hall–Kier alpha value is -3.27. The van der Waals surface area contributed by atoms with E-state index >= 15 is 0 Å². The van der Waals surface area contributed by atoms with E-state index in [0.29, 0.717) is 27.6 Å². The molecule has 8 nitrogen and oxygen atoms in total. The summed E-state index contributed by atoms with van der Waals surface area (Å²) in [6.07, 6.45) is 0.399. The number of aliphatic hydroxyl groups is 1. The lowest BCUT2D eigenvalue weighted by Gasteiger charge is -2.24. The summed E-state index contributed by atoms with van der Waals surface area (Å²) in [6.45, 7) is -0.236. The molecule has 1 aliphatic rings. The maximum absolute atomic E-state index is 14.1. The third-order valence-corrected chi connectivity index (χ3v) is 5.59. The van der Waals surface area contributed by atoms with Crippen molar-refractivity contribution in [3.8, 4) is 11.1 Å². The molecule has 0 radical (unpaired) electrons. The van der Waals surface area contributed by atoms with Crippen molar-refractivity contribution >= 4 is 23.5 Å². The number of carbonyl (C=O) groups is 2. The molecule has 1 aliphatic carbocycles. The predicted octanol–water partition coefficient (Wildman–Crippen LogP) is 3.34. The summed E-state index contributed by atoms with van der Waals surface area (Å²) in [7, 11) is 0. The Morgan fingerprint density at radius 2 is 1.94 bits per heavy atom. The fourth-order valence-corrected chi connectivity index (χ4v) is 3.59. The van der Waals surface area contributed by atoms with Crippen LogP contribution in [0.3, 0.4) is 0 Å². The van der Waals surface area contributed by atoms with E-state index in [-0.39, 0.29) is 18.8 Å². The monoisotopic (exact) mass is 472 g/mol. The molecule has 1 saturated carbocycles. The Kier molecular flexibility index (Phi) is 6.73. The van der Waals surface area contributed by atoms with Gasteiger partial charge in [-0.25, -0.2) is 14.2 Å². The second kappa shape index (κ2) is 9.70. The van der Waals surface area contributed by atoms with Crippen molar-refractivity contribution in [3.63, 3.8) is 0 Å². The van der Waals surface area contributed by atoms with Gasteiger partial charge in [0.1, 0.15) is 5.82 Å². The number of aliphatic hydroxyl groups excluding tert-OH is 1. The molecule has 1 fully saturated rings. The van der Waals surface area contributed by atoms with E-state index in [0.717, 1.165) is 18.5 Å². The minimum atomic E-state index is -1.70. The molecular formula is C23H22ClFN4O4. The number of aromatic amines is 1. The third kappa shape index (κ3) is 5.75. The summed E-state index contributed by atoms with van der Waals surface area (Å²) in [6, 6.07) is 12.8. The van der Waals surface area contributed by atoms with Gasteiger partial charge >= 0.3 is 5.97 Å². The number of hydrogen-bond acceptors (Lipinski definition) is 5. The van der Waals surface area contributed by atoms with Crippen LogP contribution in [0, 0.1) is 5.82 Å². The standard InChI is InChI=1S/C23H22ClFN4O4/c24-16-7-8-18(25)17(9-16)14-3-1-13(2-4-14)11-29(12-21(30)23(32)33)28-22(31)20-10-19(26-27-20)15-5-6-15/h1-4,7-10,15,21,30H,5-6,11-12H2,(H,26,27)(H,28,31)(H,32,33)/t21-/m1/s1. The summed E-state index contributed by atoms with van der Waals surface area (Å²) in [5.41, 5.74) is 5.36. The van der Waals surface area contributed by atoms with Gasteiger partial charge in [-0.15, -0.1) is 0 Å². The molecule has 4 rings (SSSR count). The Morgan fingerprint density at radius 1 is 1.21 bits per heavy atom. The summed E-state index contributed by atoms with van der Waals surface area (Å²) in [5.74, 6) is -1.94. The lowest BCUT2D eigenvalue weighted by molar-refractivity contribution is -0.148. The van der Waals surface area contributed by atoms with Gasteiger partial charge in [-0.1, -0.05) is 35.9 Å². The van der Waals surface area contributed by atoms with Crippen LogP contribution in [0.4, 0.5) is 4.39 Å². The number of H-pyrrole nitrogens is 1. The molecule has 10 heteroatoms. The maximum Gasteiger partial charge on any atom is 0.333 e. The van der Waals surface area contributed by atoms with Crippen molar-refractivity contribution in [1.82, 2.24) is 20.6 Å². The average Bonchev–Trinajstić information content (AvgIpc) is 3.52. The molecule has 3 aromatic rings. The number of aliphatic carboxylic acids is 1. The van der Waals surface area contributed by atoms with Crippen LogP contribution in [0.5, 0.6) is 0 Å². The lowest BCUT2D eigenvalue weighted by Crippen LogP contribution is -2.47. The molecule has 1 atom stereocenters. The highest BCUT2D eigenvalue weighted by Gasteiger charge is 2.27. The van der Waals surface area contributed by atoms with E-state index in [1.165, 1.54) is 23.2 Å². The van der Waals surface area contributed by atoms with Crippen LogP contribution in [-0.4, -0.2) is 49.9 Å². The van der Waals surface area contributed by atoms with Crippen LogP contribution in [-0.2, 0) is 11.3 Å². The second-order valence-corrected chi connectivity index (χ2v) is 8.42. The number of carboxylic acid groups (broad SMARTS) is 1. The number of aromatic nitrogens is 2. The molecule has 0 saturated heterocycles. The zero-order valence-electron chi connectivity index (χ0n) is 17.5. The topological polar surface area (TPSA) is 119 Å². The lowest BCUT2D eigenvalue weighted by atomic mass is 10.0. The summed E-state index contributed by atoms with van der Waals surface area (Å²) in [4.78, 5) is 23.8. The predicted molar refractivity (Wildman–Crippen MR) is 119 cm³/mol. The van der Waals surface area contributed by atoms with E-state index in [1.807, 2.05) is 0 Å². The normalized spacial score (nSPS) is 14.3. The SMILES string of the molecule is O=C(NN(Cc1ccc(-c2cc(Cl)ccc2F)cc1)C[C@@H](O)C(=O)O)c1cc(C2CC2)[nH]n1. The highest BCUT2D eigenvalue weighted by Crippen LogP contribution is 2.39. The highest BCUT2D eigenvalue weighted by molar-refractivity contribution is 6.30. The van der Waals surface area contributed by atoms with Gasteiger partial charge in [-0.2, -0.15) is 5.10 Å². The molecule has 1 heterocycles. The molecule has 0 unspecified atom stereocenters. The molecule has 0 spiro atoms. The van der Waals surface area contributed by atoms with Crippen molar-refractivity contribution in [2.75, 3.05) is 6.54 Å². The number of nitrogens with zero attached hydrogens (tertiary/aromatic N) is 2. The number of carboxylic acids is 1.